The molecule has 0 spiro atoms. The van der Waals surface area contributed by atoms with Gasteiger partial charge in [-0.3, -0.25) is 4.79 Å². The van der Waals surface area contributed by atoms with Gasteiger partial charge in [0.1, 0.15) is 10.8 Å². The number of thiophene rings is 1. The van der Waals surface area contributed by atoms with Crippen molar-refractivity contribution in [3.8, 4) is 5.75 Å². The highest BCUT2D eigenvalue weighted by atomic mass is 79.9. The molecule has 1 aliphatic carbocycles. The van der Waals surface area contributed by atoms with Crippen LogP contribution in [0.3, 0.4) is 0 Å². The normalized spacial score (nSPS) is 13.7. The molecule has 1 aliphatic rings. The minimum absolute atomic E-state index is 0.144. The number of aryl methyl sites for hydroxylation is 1. The second-order valence-corrected chi connectivity index (χ2v) is 11.2. The first kappa shape index (κ1) is 26.7. The van der Waals surface area contributed by atoms with Crippen LogP contribution in [0.25, 0.3) is 0 Å². The molecule has 1 N–H and O–H groups in total. The molecule has 1 amide bonds. The summed E-state index contributed by atoms with van der Waals surface area (Å²) in [5, 5.41) is 12.8. The molecule has 1 unspecified atom stereocenters. The van der Waals surface area contributed by atoms with Crippen LogP contribution in [0.1, 0.15) is 66.3 Å². The lowest BCUT2D eigenvalue weighted by Gasteiger charge is -2.15. The number of esters is 1. The average molecular weight is 594 g/mol. The summed E-state index contributed by atoms with van der Waals surface area (Å²) < 4.78 is 14.3. The number of thioether (sulfide) groups is 1. The fraction of sp³-hybridized carbons (Fsp3) is 0.440. The van der Waals surface area contributed by atoms with Gasteiger partial charge >= 0.3 is 5.97 Å². The maximum absolute atomic E-state index is 12.9. The second-order valence-electron chi connectivity index (χ2n) is 8.27. The zero-order chi connectivity index (χ0) is 25.7. The number of carbonyl (C=O) groups excluding carboxylic acids is 2. The first-order chi connectivity index (χ1) is 17.4. The lowest BCUT2D eigenvalue weighted by Crippen LogP contribution is -2.17. The van der Waals surface area contributed by atoms with Crippen molar-refractivity contribution in [2.45, 2.75) is 64.3 Å². The van der Waals surface area contributed by atoms with Crippen molar-refractivity contribution in [1.82, 2.24) is 14.8 Å². The number of aromatic nitrogens is 3. The Kier molecular flexibility index (Phi) is 9.08. The Bertz CT molecular complexity index is 1230. The van der Waals surface area contributed by atoms with Gasteiger partial charge in [0.15, 0.2) is 17.1 Å². The first-order valence-electron chi connectivity index (χ1n) is 12.0. The monoisotopic (exact) mass is 592 g/mol. The predicted molar refractivity (Wildman–Crippen MR) is 145 cm³/mol. The number of hydrogen-bond acceptors (Lipinski definition) is 8. The van der Waals surface area contributed by atoms with Crippen LogP contribution in [0.15, 0.2) is 33.9 Å². The van der Waals surface area contributed by atoms with Crippen molar-refractivity contribution in [2.24, 2.45) is 0 Å². The van der Waals surface area contributed by atoms with Crippen molar-refractivity contribution in [1.29, 1.82) is 0 Å². The van der Waals surface area contributed by atoms with Crippen LogP contribution in [0, 0.1) is 0 Å². The van der Waals surface area contributed by atoms with E-state index >= 15 is 0 Å². The number of ether oxygens (including phenoxy) is 2. The van der Waals surface area contributed by atoms with Crippen molar-refractivity contribution in [3.63, 3.8) is 0 Å². The molecule has 0 saturated carbocycles. The quantitative estimate of drug-likeness (QED) is 0.226. The van der Waals surface area contributed by atoms with E-state index in [1.807, 2.05) is 42.7 Å². The molecule has 2 aromatic heterocycles. The van der Waals surface area contributed by atoms with Gasteiger partial charge in [-0.2, -0.15) is 0 Å². The van der Waals surface area contributed by atoms with E-state index in [1.165, 1.54) is 28.0 Å². The molecule has 2 heterocycles. The molecule has 0 aliphatic heterocycles. The third-order valence-electron chi connectivity index (χ3n) is 5.79. The number of carbonyl (C=O) groups is 2. The number of rotatable bonds is 10. The van der Waals surface area contributed by atoms with E-state index in [-0.39, 0.29) is 23.7 Å². The summed E-state index contributed by atoms with van der Waals surface area (Å²) in [6, 6.07) is 7.62. The van der Waals surface area contributed by atoms with Crippen molar-refractivity contribution >= 4 is 55.9 Å². The number of fused-ring (bicyclic) bond motifs is 1. The molecule has 0 saturated heterocycles. The Morgan fingerprint density at radius 2 is 1.94 bits per heavy atom. The number of anilines is 1. The largest absolute Gasteiger partial charge is 0.483 e. The number of nitrogens with zero attached hydrogens (tertiary/aromatic N) is 3. The molecular weight excluding hydrogens is 564 g/mol. The number of amides is 1. The molecule has 3 aromatic rings. The molecule has 1 aromatic carbocycles. The van der Waals surface area contributed by atoms with Crippen LogP contribution in [0.4, 0.5) is 5.00 Å². The van der Waals surface area contributed by atoms with Gasteiger partial charge in [0.05, 0.1) is 17.9 Å². The van der Waals surface area contributed by atoms with Gasteiger partial charge < -0.3 is 19.4 Å². The van der Waals surface area contributed by atoms with E-state index < -0.39 is 0 Å². The summed E-state index contributed by atoms with van der Waals surface area (Å²) in [7, 11) is 0. The topological polar surface area (TPSA) is 95.3 Å². The highest BCUT2D eigenvalue weighted by molar-refractivity contribution is 9.10. The molecular formula is C25H29BrN4O4S2. The Labute approximate surface area is 227 Å². The molecule has 0 fully saturated rings. The van der Waals surface area contributed by atoms with Crippen LogP contribution >= 0.6 is 39.0 Å². The molecule has 0 radical (unpaired) electrons. The van der Waals surface area contributed by atoms with Crippen LogP contribution in [-0.2, 0) is 28.9 Å². The summed E-state index contributed by atoms with van der Waals surface area (Å²) in [6.07, 6.45) is 3.59. The predicted octanol–water partition coefficient (Wildman–Crippen LogP) is 6.05. The Morgan fingerprint density at radius 3 is 2.67 bits per heavy atom. The standard InChI is InChI=1S/C25H29BrN4O4S2/c1-4-30-22(15(3)34-17-12-10-16(26)11-13-17)28-29-25(30)35-14-20(31)27-23-21(24(32)33-5-2)18-8-6-7-9-19(18)36-23/h10-13,15H,4-9,14H2,1-3H3,(H,27,31). The molecule has 0 bridgehead atoms. The average Bonchev–Trinajstić information content (AvgIpc) is 3.45. The molecule has 192 valence electrons. The van der Waals surface area contributed by atoms with E-state index in [0.29, 0.717) is 34.7 Å². The third kappa shape index (κ3) is 6.12. The van der Waals surface area contributed by atoms with Gasteiger partial charge in [0.25, 0.3) is 0 Å². The van der Waals surface area contributed by atoms with Crippen molar-refractivity contribution < 1.29 is 19.1 Å². The van der Waals surface area contributed by atoms with E-state index in [0.717, 1.165) is 41.5 Å². The van der Waals surface area contributed by atoms with Crippen LogP contribution in [0.5, 0.6) is 5.75 Å². The van der Waals surface area contributed by atoms with Crippen molar-refractivity contribution in [2.75, 3.05) is 17.7 Å². The van der Waals surface area contributed by atoms with Gasteiger partial charge in [-0.25, -0.2) is 4.79 Å². The van der Waals surface area contributed by atoms with E-state index in [9.17, 15) is 9.59 Å². The summed E-state index contributed by atoms with van der Waals surface area (Å²) in [6.45, 7) is 6.66. The lowest BCUT2D eigenvalue weighted by atomic mass is 9.95. The highest BCUT2D eigenvalue weighted by Crippen LogP contribution is 2.38. The van der Waals surface area contributed by atoms with Gasteiger partial charge in [-0.15, -0.1) is 21.5 Å². The Balaban J connectivity index is 1.43. The molecule has 4 rings (SSSR count). The number of nitrogens with one attached hydrogen (secondary N) is 1. The summed E-state index contributed by atoms with van der Waals surface area (Å²) in [4.78, 5) is 26.7. The fourth-order valence-electron chi connectivity index (χ4n) is 4.14. The number of benzene rings is 1. The maximum atomic E-state index is 12.9. The Morgan fingerprint density at radius 1 is 1.19 bits per heavy atom. The van der Waals surface area contributed by atoms with E-state index in [4.69, 9.17) is 9.47 Å². The molecule has 11 heteroatoms. The maximum Gasteiger partial charge on any atom is 0.341 e. The zero-order valence-electron chi connectivity index (χ0n) is 20.5. The highest BCUT2D eigenvalue weighted by Gasteiger charge is 2.27. The summed E-state index contributed by atoms with van der Waals surface area (Å²) in [5.41, 5.74) is 1.55. The van der Waals surface area contributed by atoms with Gasteiger partial charge in [0.2, 0.25) is 5.91 Å². The summed E-state index contributed by atoms with van der Waals surface area (Å²) >= 11 is 6.22. The SMILES string of the molecule is CCOC(=O)c1c(NC(=O)CSc2nnc(C(C)Oc3ccc(Br)cc3)n2CC)sc2c1CCCC2. The lowest BCUT2D eigenvalue weighted by molar-refractivity contribution is -0.113. The fourth-order valence-corrected chi connectivity index (χ4v) is 6.51. The Hall–Kier alpha value is -2.37. The van der Waals surface area contributed by atoms with Gasteiger partial charge in [0, 0.05) is 15.9 Å². The third-order valence-corrected chi connectivity index (χ3v) is 8.49. The van der Waals surface area contributed by atoms with E-state index in [1.54, 1.807) is 6.92 Å². The van der Waals surface area contributed by atoms with Crippen LogP contribution in [-0.4, -0.2) is 39.0 Å². The van der Waals surface area contributed by atoms with E-state index in [2.05, 4.69) is 31.4 Å². The van der Waals surface area contributed by atoms with Crippen LogP contribution < -0.4 is 10.1 Å². The number of halogens is 1. The summed E-state index contributed by atoms with van der Waals surface area (Å²) in [5.74, 6) is 1.01. The smallest absolute Gasteiger partial charge is 0.341 e. The number of hydrogen-bond donors (Lipinski definition) is 1. The molecule has 8 nitrogen and oxygen atoms in total. The van der Waals surface area contributed by atoms with Gasteiger partial charge in [-0.1, -0.05) is 27.7 Å². The molecule has 36 heavy (non-hydrogen) atoms. The second kappa shape index (κ2) is 12.2. The minimum Gasteiger partial charge on any atom is -0.483 e. The van der Waals surface area contributed by atoms with Gasteiger partial charge in [-0.05, 0) is 76.3 Å². The zero-order valence-corrected chi connectivity index (χ0v) is 23.7. The van der Waals surface area contributed by atoms with Crippen molar-refractivity contribution in [3.05, 3.63) is 50.6 Å². The minimum atomic E-state index is -0.366. The first-order valence-corrected chi connectivity index (χ1v) is 14.6. The van der Waals surface area contributed by atoms with Crippen LogP contribution in [0.2, 0.25) is 0 Å². The molecule has 1 atom stereocenters.